The Bertz CT molecular complexity index is 1250. The molecule has 1 saturated carbocycles. The highest BCUT2D eigenvalue weighted by atomic mass is 35.5. The van der Waals surface area contributed by atoms with Crippen LogP contribution < -0.4 is 10.2 Å². The van der Waals surface area contributed by atoms with E-state index in [0.29, 0.717) is 36.6 Å². The van der Waals surface area contributed by atoms with Gasteiger partial charge >= 0.3 is 18.4 Å². The molecule has 0 radical (unpaired) electrons. The molecular weight excluding hydrogens is 605 g/mol. The number of rotatable bonds is 5. The van der Waals surface area contributed by atoms with Crippen LogP contribution in [0.25, 0.3) is 0 Å². The number of nitrogens with one attached hydrogen (secondary N) is 1. The van der Waals surface area contributed by atoms with Gasteiger partial charge in [-0.2, -0.15) is 26.3 Å². The van der Waals surface area contributed by atoms with E-state index in [0.717, 1.165) is 24.8 Å². The van der Waals surface area contributed by atoms with Gasteiger partial charge in [-0.15, -0.1) is 12.4 Å². The predicted molar refractivity (Wildman–Crippen MR) is 150 cm³/mol. The quantitative estimate of drug-likeness (QED) is 0.378. The summed E-state index contributed by atoms with van der Waals surface area (Å²) in [5, 5.41) is 3.22. The van der Waals surface area contributed by atoms with Gasteiger partial charge in [0.05, 0.1) is 17.2 Å². The van der Waals surface area contributed by atoms with E-state index in [1.165, 1.54) is 24.1 Å². The van der Waals surface area contributed by atoms with Gasteiger partial charge in [0.1, 0.15) is 5.82 Å². The number of nitrogens with zero attached hydrogens (tertiary/aromatic N) is 3. The lowest BCUT2D eigenvalue weighted by Gasteiger charge is -2.33. The van der Waals surface area contributed by atoms with Crippen LogP contribution in [0.4, 0.5) is 41.2 Å². The average molecular weight is 639 g/mol. The molecule has 0 spiro atoms. The molecule has 1 aliphatic heterocycles. The fraction of sp³-hybridized carbons (Fsp3) is 0.517. The summed E-state index contributed by atoms with van der Waals surface area (Å²) in [6, 6.07) is 5.39. The molecule has 2 aromatic rings. The highest BCUT2D eigenvalue weighted by Gasteiger charge is 2.43. The molecule has 4 rings (SSSR count). The molecule has 43 heavy (non-hydrogen) atoms. The maximum atomic E-state index is 13.7. The second kappa shape index (κ2) is 13.3. The zero-order chi connectivity index (χ0) is 31.0. The third-order valence-corrected chi connectivity index (χ3v) is 8.43. The van der Waals surface area contributed by atoms with E-state index in [1.807, 2.05) is 7.05 Å². The maximum absolute atomic E-state index is 13.7. The number of anilines is 1. The maximum Gasteiger partial charge on any atom is 0.416 e. The summed E-state index contributed by atoms with van der Waals surface area (Å²) in [5.41, 5.74) is -3.01. The van der Waals surface area contributed by atoms with E-state index >= 15 is 0 Å². The Balaban J connectivity index is 0.00000506. The summed E-state index contributed by atoms with van der Waals surface area (Å²) in [6.07, 6.45) is -7.07. The van der Waals surface area contributed by atoms with Crippen LogP contribution in [0, 0.1) is 11.7 Å². The van der Waals surface area contributed by atoms with Crippen LogP contribution in [0.15, 0.2) is 42.5 Å². The zero-order valence-corrected chi connectivity index (χ0v) is 24.6. The first-order chi connectivity index (χ1) is 19.6. The van der Waals surface area contributed by atoms with Gasteiger partial charge in [0.15, 0.2) is 0 Å². The first-order valence-electron chi connectivity index (χ1n) is 13.6. The molecule has 2 aliphatic rings. The number of carbonyl (C=O) groups excluding carboxylic acids is 2. The average Bonchev–Trinajstić information content (AvgIpc) is 3.40. The Labute approximate surface area is 251 Å². The van der Waals surface area contributed by atoms with Crippen LogP contribution in [0.5, 0.6) is 0 Å². The van der Waals surface area contributed by atoms with Crippen molar-refractivity contribution in [1.29, 1.82) is 0 Å². The van der Waals surface area contributed by atoms with E-state index in [-0.39, 0.29) is 43.4 Å². The molecule has 3 amide bonds. The fourth-order valence-corrected chi connectivity index (χ4v) is 5.90. The molecule has 1 aliphatic carbocycles. The number of likely N-dealkylation sites (N-methyl/N-ethyl adjacent to an activating group) is 1. The molecule has 1 N–H and O–H groups in total. The van der Waals surface area contributed by atoms with Crippen LogP contribution in [0.3, 0.4) is 0 Å². The van der Waals surface area contributed by atoms with E-state index in [2.05, 4.69) is 5.32 Å². The molecule has 238 valence electrons. The molecular formula is C29H34ClF7N4O2. The van der Waals surface area contributed by atoms with Crippen molar-refractivity contribution in [2.24, 2.45) is 5.92 Å². The smallest absolute Gasteiger partial charge is 0.340 e. The molecule has 2 aromatic carbocycles. The fourth-order valence-electron chi connectivity index (χ4n) is 5.90. The topological polar surface area (TPSA) is 55.9 Å². The number of benzene rings is 2. The molecule has 1 heterocycles. The third kappa shape index (κ3) is 7.72. The summed E-state index contributed by atoms with van der Waals surface area (Å²) in [6.45, 7) is 0.337. The molecule has 0 unspecified atom stereocenters. The summed E-state index contributed by atoms with van der Waals surface area (Å²) in [4.78, 5) is 30.7. The first kappa shape index (κ1) is 34.4. The number of amides is 3. The van der Waals surface area contributed by atoms with Crippen LogP contribution in [0.2, 0.25) is 0 Å². The highest BCUT2D eigenvalue weighted by molar-refractivity contribution is 5.92. The monoisotopic (exact) mass is 638 g/mol. The summed E-state index contributed by atoms with van der Waals surface area (Å²) in [5.74, 6) is -1.20. The van der Waals surface area contributed by atoms with Crippen molar-refractivity contribution in [3.63, 3.8) is 0 Å². The van der Waals surface area contributed by atoms with Crippen LogP contribution in [-0.2, 0) is 17.1 Å². The van der Waals surface area contributed by atoms with Crippen molar-refractivity contribution >= 4 is 30.0 Å². The lowest BCUT2D eigenvalue weighted by molar-refractivity contribution is -0.143. The molecule has 14 heteroatoms. The minimum atomic E-state index is -5.07. The van der Waals surface area contributed by atoms with Crippen molar-refractivity contribution in [2.45, 2.75) is 56.0 Å². The zero-order valence-electron chi connectivity index (χ0n) is 23.8. The molecule has 0 aromatic heterocycles. The van der Waals surface area contributed by atoms with E-state index in [1.54, 1.807) is 17.0 Å². The Morgan fingerprint density at radius 2 is 1.40 bits per heavy atom. The van der Waals surface area contributed by atoms with Crippen LogP contribution in [0.1, 0.15) is 48.3 Å². The van der Waals surface area contributed by atoms with Gasteiger partial charge in [-0.05, 0) is 68.6 Å². The van der Waals surface area contributed by atoms with Gasteiger partial charge < -0.3 is 15.1 Å². The molecule has 1 saturated heterocycles. The second-order valence-corrected chi connectivity index (χ2v) is 11.0. The largest absolute Gasteiger partial charge is 0.416 e. The van der Waals surface area contributed by atoms with Gasteiger partial charge in [0.2, 0.25) is 5.91 Å². The lowest BCUT2D eigenvalue weighted by Crippen LogP contribution is -2.48. The standard InChI is InChI=1S/C29H33F7N4O2.ClH/c1-37-22-10-6-18(7-11-22)26(41)40-15-24(17-4-8-21(30)9-5-17)25(16-40)39(3)27(42)38(2)23-13-19(28(31,32)33)12-20(14-23)29(34,35)36;/h4-5,8-9,12-14,18,22,24-25,37H,6-7,10-11,15-16H2,1-3H3;1H/t18-,22-,24-,25+;/m0./s1. The minimum Gasteiger partial charge on any atom is -0.340 e. The number of likely N-dealkylation sites (tertiary alicyclic amines) is 1. The minimum absolute atomic E-state index is 0. The molecule has 0 bridgehead atoms. The van der Waals surface area contributed by atoms with E-state index in [9.17, 15) is 40.3 Å². The van der Waals surface area contributed by atoms with Gasteiger partial charge in [0.25, 0.3) is 0 Å². The Kier molecular flexibility index (Phi) is 10.6. The second-order valence-electron chi connectivity index (χ2n) is 11.0. The number of carbonyl (C=O) groups is 2. The van der Waals surface area contributed by atoms with Crippen molar-refractivity contribution in [1.82, 2.24) is 15.1 Å². The Morgan fingerprint density at radius 3 is 1.88 bits per heavy atom. The summed E-state index contributed by atoms with van der Waals surface area (Å²) < 4.78 is 94.3. The van der Waals surface area contributed by atoms with Crippen LogP contribution >= 0.6 is 12.4 Å². The van der Waals surface area contributed by atoms with Gasteiger partial charge in [-0.1, -0.05) is 12.1 Å². The van der Waals surface area contributed by atoms with Gasteiger partial charge in [-0.3, -0.25) is 9.69 Å². The summed E-state index contributed by atoms with van der Waals surface area (Å²) in [7, 11) is 4.36. The van der Waals surface area contributed by atoms with Crippen LogP contribution in [-0.4, -0.2) is 68.1 Å². The van der Waals surface area contributed by atoms with E-state index < -0.39 is 53.0 Å². The normalized spacial score (nSPS) is 22.6. The SMILES string of the molecule is CN[C@H]1CC[C@H](C(=O)N2C[C@@H](N(C)C(=O)N(C)c3cc(C(F)(F)F)cc(C(F)(F)F)c3)[C@H](c3ccc(F)cc3)C2)CC1.Cl. The Morgan fingerprint density at radius 1 is 0.860 bits per heavy atom. The van der Waals surface area contributed by atoms with Gasteiger partial charge in [-0.25, -0.2) is 9.18 Å². The van der Waals surface area contributed by atoms with Crippen molar-refractivity contribution in [3.05, 3.63) is 65.0 Å². The number of urea groups is 1. The molecule has 2 fully saturated rings. The molecule has 6 nitrogen and oxygen atoms in total. The van der Waals surface area contributed by atoms with E-state index in [4.69, 9.17) is 0 Å². The van der Waals surface area contributed by atoms with Crippen molar-refractivity contribution < 1.29 is 40.3 Å². The lowest BCUT2D eigenvalue weighted by atomic mass is 9.85. The van der Waals surface area contributed by atoms with Gasteiger partial charge in [0, 0.05) is 50.7 Å². The number of hydrogen-bond donors (Lipinski definition) is 1. The Hall–Kier alpha value is -3.06. The third-order valence-electron chi connectivity index (χ3n) is 8.43. The van der Waals surface area contributed by atoms with Crippen molar-refractivity contribution in [2.75, 3.05) is 39.1 Å². The number of hydrogen-bond acceptors (Lipinski definition) is 3. The number of halogens is 8. The summed E-state index contributed by atoms with van der Waals surface area (Å²) >= 11 is 0. The number of alkyl halides is 6. The first-order valence-corrected chi connectivity index (χ1v) is 13.6. The molecule has 2 atom stereocenters. The van der Waals surface area contributed by atoms with Crippen molar-refractivity contribution in [3.8, 4) is 0 Å². The highest BCUT2D eigenvalue weighted by Crippen LogP contribution is 2.39. The predicted octanol–water partition coefficient (Wildman–Crippen LogP) is 6.55.